The maximum Gasteiger partial charge on any atom is 0.0634 e. The van der Waals surface area contributed by atoms with Gasteiger partial charge in [0.05, 0.1) is 6.10 Å². The van der Waals surface area contributed by atoms with Gasteiger partial charge in [-0.2, -0.15) is 0 Å². The molecule has 21 heavy (non-hydrogen) atoms. The maximum absolute atomic E-state index is 10.4. The fourth-order valence-corrected chi connectivity index (χ4v) is 6.06. The SMILES string of the molecule is C[C@]12CC[C@@H]3C(=C1CCC2O)CCC1CC(N)C=C[C@@]13C. The zero-order valence-corrected chi connectivity index (χ0v) is 13.4. The molecule has 0 aromatic heterocycles. The van der Waals surface area contributed by atoms with E-state index in [4.69, 9.17) is 5.73 Å². The van der Waals surface area contributed by atoms with Gasteiger partial charge in [0.1, 0.15) is 0 Å². The van der Waals surface area contributed by atoms with Crippen LogP contribution in [0.5, 0.6) is 0 Å². The molecule has 0 aromatic carbocycles. The molecule has 0 aromatic rings. The molecular weight excluding hydrogens is 258 g/mol. The number of aliphatic hydroxyl groups is 1. The number of hydrogen-bond acceptors (Lipinski definition) is 2. The number of nitrogens with two attached hydrogens (primary N) is 1. The lowest BCUT2D eigenvalue weighted by Gasteiger charge is -2.54. The molecule has 4 aliphatic rings. The first-order valence-corrected chi connectivity index (χ1v) is 8.80. The molecule has 0 radical (unpaired) electrons. The zero-order chi connectivity index (χ0) is 14.8. The fourth-order valence-electron chi connectivity index (χ4n) is 6.06. The van der Waals surface area contributed by atoms with Crippen molar-refractivity contribution in [3.8, 4) is 0 Å². The van der Waals surface area contributed by atoms with Gasteiger partial charge in [0.25, 0.3) is 0 Å². The minimum Gasteiger partial charge on any atom is -0.392 e. The Morgan fingerprint density at radius 3 is 2.81 bits per heavy atom. The smallest absolute Gasteiger partial charge is 0.0634 e. The molecule has 116 valence electrons. The van der Waals surface area contributed by atoms with E-state index >= 15 is 0 Å². The van der Waals surface area contributed by atoms with Gasteiger partial charge in [-0.25, -0.2) is 0 Å². The van der Waals surface area contributed by atoms with Gasteiger partial charge in [-0.1, -0.05) is 37.1 Å². The molecule has 0 bridgehead atoms. The van der Waals surface area contributed by atoms with Crippen molar-refractivity contribution in [1.29, 1.82) is 0 Å². The van der Waals surface area contributed by atoms with E-state index in [1.807, 2.05) is 0 Å². The topological polar surface area (TPSA) is 46.2 Å². The van der Waals surface area contributed by atoms with Crippen molar-refractivity contribution in [3.63, 3.8) is 0 Å². The van der Waals surface area contributed by atoms with Crippen molar-refractivity contribution in [2.75, 3.05) is 0 Å². The van der Waals surface area contributed by atoms with Gasteiger partial charge in [0, 0.05) is 11.5 Å². The fraction of sp³-hybridized carbons (Fsp3) is 0.789. The number of fused-ring (bicyclic) bond motifs is 4. The summed E-state index contributed by atoms with van der Waals surface area (Å²) < 4.78 is 0. The predicted molar refractivity (Wildman–Crippen MR) is 85.7 cm³/mol. The summed E-state index contributed by atoms with van der Waals surface area (Å²) in [5.74, 6) is 1.45. The zero-order valence-electron chi connectivity index (χ0n) is 13.4. The largest absolute Gasteiger partial charge is 0.392 e. The maximum atomic E-state index is 10.4. The first-order chi connectivity index (χ1) is 9.95. The quantitative estimate of drug-likeness (QED) is 0.669. The summed E-state index contributed by atoms with van der Waals surface area (Å²) in [5, 5.41) is 10.4. The van der Waals surface area contributed by atoms with Crippen LogP contribution in [0.4, 0.5) is 0 Å². The minimum atomic E-state index is -0.109. The molecule has 6 atom stereocenters. The van der Waals surface area contributed by atoms with E-state index in [9.17, 15) is 5.11 Å². The van der Waals surface area contributed by atoms with E-state index in [1.165, 1.54) is 25.7 Å². The van der Waals surface area contributed by atoms with Crippen molar-refractivity contribution in [2.45, 2.75) is 70.9 Å². The third-order valence-corrected chi connectivity index (χ3v) is 7.51. The Labute approximate surface area is 128 Å². The minimum absolute atomic E-state index is 0.0871. The molecule has 2 heteroatoms. The first-order valence-electron chi connectivity index (χ1n) is 8.80. The second-order valence-electron chi connectivity index (χ2n) is 8.43. The summed E-state index contributed by atoms with van der Waals surface area (Å²) in [7, 11) is 0. The number of hydrogen-bond donors (Lipinski definition) is 2. The summed E-state index contributed by atoms with van der Waals surface area (Å²) in [4.78, 5) is 0. The molecule has 2 saturated carbocycles. The molecule has 3 unspecified atom stereocenters. The second kappa shape index (κ2) is 4.45. The highest BCUT2D eigenvalue weighted by molar-refractivity contribution is 5.36. The Bertz CT molecular complexity index is 522. The average Bonchev–Trinajstić information content (AvgIpc) is 2.76. The predicted octanol–water partition coefficient (Wildman–Crippen LogP) is 3.56. The molecule has 4 aliphatic carbocycles. The molecular formula is C19H29NO. The van der Waals surface area contributed by atoms with Crippen LogP contribution in [0, 0.1) is 22.7 Å². The average molecular weight is 287 g/mol. The molecule has 2 nitrogen and oxygen atoms in total. The van der Waals surface area contributed by atoms with E-state index in [-0.39, 0.29) is 17.6 Å². The highest BCUT2D eigenvalue weighted by atomic mass is 16.3. The summed E-state index contributed by atoms with van der Waals surface area (Å²) >= 11 is 0. The van der Waals surface area contributed by atoms with Crippen molar-refractivity contribution in [1.82, 2.24) is 0 Å². The summed E-state index contributed by atoms with van der Waals surface area (Å²) in [5.41, 5.74) is 9.91. The van der Waals surface area contributed by atoms with E-state index < -0.39 is 0 Å². The number of rotatable bonds is 0. The third-order valence-electron chi connectivity index (χ3n) is 7.51. The molecule has 0 amide bonds. The van der Waals surface area contributed by atoms with Crippen LogP contribution in [0.2, 0.25) is 0 Å². The van der Waals surface area contributed by atoms with Gasteiger partial charge >= 0.3 is 0 Å². The van der Waals surface area contributed by atoms with Gasteiger partial charge in [-0.3, -0.25) is 0 Å². The lowest BCUT2D eigenvalue weighted by atomic mass is 9.51. The Hall–Kier alpha value is -0.600. The van der Waals surface area contributed by atoms with Gasteiger partial charge in [0.2, 0.25) is 0 Å². The van der Waals surface area contributed by atoms with Crippen molar-refractivity contribution in [3.05, 3.63) is 23.3 Å². The highest BCUT2D eigenvalue weighted by Crippen LogP contribution is 2.62. The molecule has 0 heterocycles. The van der Waals surface area contributed by atoms with Crippen LogP contribution >= 0.6 is 0 Å². The van der Waals surface area contributed by atoms with Crippen LogP contribution in [0.15, 0.2) is 23.3 Å². The Morgan fingerprint density at radius 2 is 2.00 bits per heavy atom. The van der Waals surface area contributed by atoms with Crippen LogP contribution in [0.1, 0.15) is 58.8 Å². The van der Waals surface area contributed by atoms with Crippen LogP contribution in [-0.4, -0.2) is 17.3 Å². The van der Waals surface area contributed by atoms with Crippen LogP contribution < -0.4 is 5.73 Å². The summed E-state index contributed by atoms with van der Waals surface area (Å²) in [6, 6.07) is 0.263. The molecule has 2 fully saturated rings. The summed E-state index contributed by atoms with van der Waals surface area (Å²) in [6.45, 7) is 4.78. The molecule has 3 N–H and O–H groups in total. The molecule has 4 rings (SSSR count). The molecule has 0 aliphatic heterocycles. The van der Waals surface area contributed by atoms with E-state index in [0.717, 1.165) is 25.2 Å². The first kappa shape index (κ1) is 14.0. The Balaban J connectivity index is 1.78. The van der Waals surface area contributed by atoms with Gasteiger partial charge < -0.3 is 10.8 Å². The summed E-state index contributed by atoms with van der Waals surface area (Å²) in [6.07, 6.45) is 12.8. The lowest BCUT2D eigenvalue weighted by molar-refractivity contribution is 0.0402. The van der Waals surface area contributed by atoms with Gasteiger partial charge in [0.15, 0.2) is 0 Å². The van der Waals surface area contributed by atoms with Crippen molar-refractivity contribution < 1.29 is 5.11 Å². The van der Waals surface area contributed by atoms with Crippen molar-refractivity contribution in [2.24, 2.45) is 28.4 Å². The van der Waals surface area contributed by atoms with Crippen LogP contribution in [0.3, 0.4) is 0 Å². The Morgan fingerprint density at radius 1 is 1.19 bits per heavy atom. The molecule has 0 saturated heterocycles. The normalized spacial score (nSPS) is 52.4. The van der Waals surface area contributed by atoms with E-state index in [1.54, 1.807) is 11.1 Å². The highest BCUT2D eigenvalue weighted by Gasteiger charge is 2.53. The monoisotopic (exact) mass is 287 g/mol. The van der Waals surface area contributed by atoms with Crippen LogP contribution in [-0.2, 0) is 0 Å². The number of aliphatic hydroxyl groups excluding tert-OH is 1. The molecule has 0 spiro atoms. The number of allylic oxidation sites excluding steroid dienone is 2. The second-order valence-corrected chi connectivity index (χ2v) is 8.43. The van der Waals surface area contributed by atoms with E-state index in [2.05, 4.69) is 26.0 Å². The van der Waals surface area contributed by atoms with Gasteiger partial charge in [-0.15, -0.1) is 0 Å². The van der Waals surface area contributed by atoms with Crippen LogP contribution in [0.25, 0.3) is 0 Å². The third kappa shape index (κ3) is 1.78. The standard InChI is InChI=1S/C19H29NO/c1-18-9-7-13(20)11-12(18)3-4-14-15-5-6-17(21)19(15,2)10-8-16(14)18/h7,9,12-13,16-17,21H,3-6,8,10-11,20H2,1-2H3/t12?,13?,16-,17?,18+,19+/m1/s1. The lowest BCUT2D eigenvalue weighted by Crippen LogP contribution is -2.47. The Kier molecular flexibility index (Phi) is 2.97. The van der Waals surface area contributed by atoms with Crippen molar-refractivity contribution >= 4 is 0 Å². The van der Waals surface area contributed by atoms with E-state index in [0.29, 0.717) is 11.3 Å². The van der Waals surface area contributed by atoms with Gasteiger partial charge in [-0.05, 0) is 62.2 Å².